The van der Waals surface area contributed by atoms with Gasteiger partial charge in [0.25, 0.3) is 0 Å². The quantitative estimate of drug-likeness (QED) is 0.623. The molecule has 0 unspecified atom stereocenters. The van der Waals surface area contributed by atoms with Crippen LogP contribution in [0.4, 0.5) is 5.69 Å². The van der Waals surface area contributed by atoms with E-state index in [-0.39, 0.29) is 0 Å². The number of nitrogens with zero attached hydrogens (tertiary/aromatic N) is 1. The van der Waals surface area contributed by atoms with Crippen molar-refractivity contribution in [2.75, 3.05) is 4.90 Å². The van der Waals surface area contributed by atoms with Gasteiger partial charge in [-0.3, -0.25) is 0 Å². The van der Waals surface area contributed by atoms with E-state index in [4.69, 9.17) is 0 Å². The van der Waals surface area contributed by atoms with E-state index in [9.17, 15) is 0 Å². The summed E-state index contributed by atoms with van der Waals surface area (Å²) in [6.07, 6.45) is 0. The van der Waals surface area contributed by atoms with E-state index in [0.29, 0.717) is 0 Å². The van der Waals surface area contributed by atoms with Crippen LogP contribution in [0.3, 0.4) is 0 Å². The van der Waals surface area contributed by atoms with Crippen LogP contribution in [0.25, 0.3) is 0 Å². The average Bonchev–Trinajstić information content (AvgIpc) is 2.58. The molecule has 0 aromatic heterocycles. The predicted octanol–water partition coefficient (Wildman–Crippen LogP) is 5.20. The van der Waals surface area contributed by atoms with Gasteiger partial charge in [-0.15, -0.1) is 0 Å². The first-order valence-corrected chi connectivity index (χ1v) is 7.71. The van der Waals surface area contributed by atoms with Crippen molar-refractivity contribution in [3.05, 3.63) is 102 Å². The van der Waals surface area contributed by atoms with Crippen LogP contribution in [0.15, 0.2) is 84.9 Å². The molecule has 3 rings (SSSR count). The molecular formula is C21H21N. The van der Waals surface area contributed by atoms with E-state index in [2.05, 4.69) is 96.8 Å². The summed E-state index contributed by atoms with van der Waals surface area (Å²) in [5, 5.41) is 0. The van der Waals surface area contributed by atoms with Gasteiger partial charge in [0.2, 0.25) is 0 Å². The van der Waals surface area contributed by atoms with E-state index in [1.807, 2.05) is 0 Å². The summed E-state index contributed by atoms with van der Waals surface area (Å²) < 4.78 is 0. The number of hydrogen-bond acceptors (Lipinski definition) is 1. The van der Waals surface area contributed by atoms with E-state index >= 15 is 0 Å². The number of hydrogen-bond donors (Lipinski definition) is 0. The second kappa shape index (κ2) is 6.95. The first-order chi connectivity index (χ1) is 10.8. The second-order valence-electron chi connectivity index (χ2n) is 5.66. The maximum atomic E-state index is 2.42. The van der Waals surface area contributed by atoms with Crippen molar-refractivity contribution < 1.29 is 0 Å². The largest absolute Gasteiger partial charge is 0.363 e. The minimum Gasteiger partial charge on any atom is -0.363 e. The molecule has 0 bridgehead atoms. The average molecular weight is 287 g/mol. The summed E-state index contributed by atoms with van der Waals surface area (Å²) in [5.74, 6) is 0. The minimum absolute atomic E-state index is 0.915. The lowest BCUT2D eigenvalue weighted by molar-refractivity contribution is 0.800. The van der Waals surface area contributed by atoms with Gasteiger partial charge in [-0.25, -0.2) is 0 Å². The Balaban J connectivity index is 1.84. The van der Waals surface area contributed by atoms with Crippen LogP contribution in [0.2, 0.25) is 0 Å². The fraction of sp³-hybridized carbons (Fsp3) is 0.143. The molecule has 0 N–H and O–H groups in total. The fourth-order valence-corrected chi connectivity index (χ4v) is 2.59. The fourth-order valence-electron chi connectivity index (χ4n) is 2.59. The Bertz CT molecular complexity index is 687. The lowest BCUT2D eigenvalue weighted by Crippen LogP contribution is -2.21. The van der Waals surface area contributed by atoms with Crippen LogP contribution in [0, 0.1) is 6.92 Å². The highest BCUT2D eigenvalue weighted by atomic mass is 15.1. The Morgan fingerprint density at radius 1 is 0.591 bits per heavy atom. The Kier molecular flexibility index (Phi) is 4.55. The molecule has 0 aliphatic carbocycles. The lowest BCUT2D eigenvalue weighted by atomic mass is 10.1. The molecule has 0 spiro atoms. The summed E-state index contributed by atoms with van der Waals surface area (Å²) >= 11 is 0. The normalized spacial score (nSPS) is 10.4. The number of benzene rings is 3. The van der Waals surface area contributed by atoms with Crippen molar-refractivity contribution in [2.24, 2.45) is 0 Å². The van der Waals surface area contributed by atoms with Gasteiger partial charge in [0.05, 0.1) is 0 Å². The standard InChI is InChI=1S/C21H21N/c1-18-12-14-20(15-13-18)17-22(21-10-6-3-7-11-21)16-19-8-4-2-5-9-19/h2-15H,16-17H2,1H3. The van der Waals surface area contributed by atoms with Crippen molar-refractivity contribution in [3.63, 3.8) is 0 Å². The Labute approximate surface area is 132 Å². The molecule has 0 saturated carbocycles. The van der Waals surface area contributed by atoms with Gasteiger partial charge in [-0.05, 0) is 30.2 Å². The van der Waals surface area contributed by atoms with E-state index in [1.54, 1.807) is 0 Å². The van der Waals surface area contributed by atoms with Gasteiger partial charge >= 0.3 is 0 Å². The van der Waals surface area contributed by atoms with Gasteiger partial charge < -0.3 is 4.90 Å². The molecule has 1 heteroatoms. The van der Waals surface area contributed by atoms with E-state index in [0.717, 1.165) is 13.1 Å². The molecule has 0 saturated heterocycles. The van der Waals surface area contributed by atoms with Crippen LogP contribution < -0.4 is 4.90 Å². The van der Waals surface area contributed by atoms with Crippen LogP contribution in [0.1, 0.15) is 16.7 Å². The lowest BCUT2D eigenvalue weighted by Gasteiger charge is -2.25. The minimum atomic E-state index is 0.915. The molecule has 0 aliphatic rings. The molecule has 1 nitrogen and oxygen atoms in total. The van der Waals surface area contributed by atoms with Gasteiger partial charge in [0, 0.05) is 18.8 Å². The summed E-state index contributed by atoms with van der Waals surface area (Å²) in [6.45, 7) is 3.96. The van der Waals surface area contributed by atoms with Crippen LogP contribution in [-0.4, -0.2) is 0 Å². The molecule has 3 aromatic carbocycles. The van der Waals surface area contributed by atoms with Crippen LogP contribution in [-0.2, 0) is 13.1 Å². The van der Waals surface area contributed by atoms with Gasteiger partial charge in [0.15, 0.2) is 0 Å². The first kappa shape index (κ1) is 14.4. The smallest absolute Gasteiger partial charge is 0.0433 e. The van der Waals surface area contributed by atoms with E-state index < -0.39 is 0 Å². The molecule has 0 aliphatic heterocycles. The predicted molar refractivity (Wildman–Crippen MR) is 94.0 cm³/mol. The highest BCUT2D eigenvalue weighted by molar-refractivity contribution is 5.47. The topological polar surface area (TPSA) is 3.24 Å². The van der Waals surface area contributed by atoms with Gasteiger partial charge in [0.1, 0.15) is 0 Å². The molecule has 0 fully saturated rings. The molecule has 3 aromatic rings. The summed E-state index contributed by atoms with van der Waals surface area (Å²) in [7, 11) is 0. The zero-order valence-electron chi connectivity index (χ0n) is 12.9. The molecule has 110 valence electrons. The highest BCUT2D eigenvalue weighted by Crippen LogP contribution is 2.20. The number of anilines is 1. The molecule has 0 radical (unpaired) electrons. The summed E-state index contributed by atoms with van der Waals surface area (Å²) in [5.41, 5.74) is 5.23. The Morgan fingerprint density at radius 2 is 1.09 bits per heavy atom. The van der Waals surface area contributed by atoms with Crippen molar-refractivity contribution in [3.8, 4) is 0 Å². The summed E-state index contributed by atoms with van der Waals surface area (Å²) in [6, 6.07) is 30.1. The second-order valence-corrected chi connectivity index (χ2v) is 5.66. The number of aryl methyl sites for hydroxylation is 1. The molecule has 0 amide bonds. The third-order valence-corrected chi connectivity index (χ3v) is 3.83. The monoisotopic (exact) mass is 287 g/mol. The zero-order chi connectivity index (χ0) is 15.2. The number of para-hydroxylation sites is 1. The molecular weight excluding hydrogens is 266 g/mol. The Hall–Kier alpha value is -2.54. The molecule has 0 atom stereocenters. The van der Waals surface area contributed by atoms with E-state index in [1.165, 1.54) is 22.4 Å². The maximum absolute atomic E-state index is 2.42. The highest BCUT2D eigenvalue weighted by Gasteiger charge is 2.08. The SMILES string of the molecule is Cc1ccc(CN(Cc2ccccc2)c2ccccc2)cc1. The van der Waals surface area contributed by atoms with Gasteiger partial charge in [-0.1, -0.05) is 78.4 Å². The third kappa shape index (κ3) is 3.76. The molecule has 0 heterocycles. The van der Waals surface area contributed by atoms with Crippen molar-refractivity contribution in [1.82, 2.24) is 0 Å². The zero-order valence-corrected chi connectivity index (χ0v) is 12.9. The third-order valence-electron chi connectivity index (χ3n) is 3.83. The number of rotatable bonds is 5. The van der Waals surface area contributed by atoms with Crippen molar-refractivity contribution in [2.45, 2.75) is 20.0 Å². The van der Waals surface area contributed by atoms with Gasteiger partial charge in [-0.2, -0.15) is 0 Å². The molecule has 22 heavy (non-hydrogen) atoms. The van der Waals surface area contributed by atoms with Crippen LogP contribution >= 0.6 is 0 Å². The maximum Gasteiger partial charge on any atom is 0.0433 e. The van der Waals surface area contributed by atoms with Crippen molar-refractivity contribution in [1.29, 1.82) is 0 Å². The van der Waals surface area contributed by atoms with Crippen LogP contribution in [0.5, 0.6) is 0 Å². The first-order valence-electron chi connectivity index (χ1n) is 7.71. The summed E-state index contributed by atoms with van der Waals surface area (Å²) in [4.78, 5) is 2.42. The Morgan fingerprint density at radius 3 is 1.68 bits per heavy atom. The van der Waals surface area contributed by atoms with Crippen molar-refractivity contribution >= 4 is 5.69 Å².